The van der Waals surface area contributed by atoms with Crippen molar-refractivity contribution in [3.8, 4) is 0 Å². The third kappa shape index (κ3) is 4.11. The van der Waals surface area contributed by atoms with Crippen LogP contribution in [0.1, 0.15) is 12.5 Å². The molecule has 0 bridgehead atoms. The first-order valence-electron chi connectivity index (χ1n) is 4.81. The summed E-state index contributed by atoms with van der Waals surface area (Å²) in [5.41, 5.74) is 1.39. The van der Waals surface area contributed by atoms with Crippen molar-refractivity contribution in [3.05, 3.63) is 29.8 Å². The maximum atomic E-state index is 11.4. The molecule has 6 heteroatoms. The predicted octanol–water partition coefficient (Wildman–Crippen LogP) is 2.32. The van der Waals surface area contributed by atoms with Crippen LogP contribution in [0, 0.1) is 0 Å². The van der Waals surface area contributed by atoms with E-state index in [1.165, 1.54) is 0 Å². The van der Waals surface area contributed by atoms with E-state index in [2.05, 4.69) is 20.7 Å². The van der Waals surface area contributed by atoms with Crippen molar-refractivity contribution in [1.82, 2.24) is 0 Å². The third-order valence-corrected chi connectivity index (χ3v) is 4.51. The number of halogens is 1. The van der Waals surface area contributed by atoms with Crippen molar-refractivity contribution in [1.29, 1.82) is 0 Å². The van der Waals surface area contributed by atoms with Gasteiger partial charge >= 0.3 is 0 Å². The Morgan fingerprint density at radius 3 is 2.69 bits per heavy atom. The monoisotopic (exact) mass is 307 g/mol. The van der Waals surface area contributed by atoms with E-state index in [1.807, 2.05) is 19.1 Å². The van der Waals surface area contributed by atoms with Gasteiger partial charge in [-0.2, -0.15) is 0 Å². The molecular weight excluding hydrogens is 294 g/mol. The lowest BCUT2D eigenvalue weighted by Crippen LogP contribution is -2.14. The van der Waals surface area contributed by atoms with Gasteiger partial charge in [-0.3, -0.25) is 4.72 Å². The van der Waals surface area contributed by atoms with E-state index in [4.69, 9.17) is 4.74 Å². The lowest BCUT2D eigenvalue weighted by atomic mass is 10.2. The predicted molar refractivity (Wildman–Crippen MR) is 68.1 cm³/mol. The number of benzene rings is 1. The van der Waals surface area contributed by atoms with Gasteiger partial charge in [-0.25, -0.2) is 8.42 Å². The Morgan fingerprint density at radius 2 is 2.06 bits per heavy atom. The molecule has 0 aliphatic carbocycles. The summed E-state index contributed by atoms with van der Waals surface area (Å²) >= 11 is 2.92. The van der Waals surface area contributed by atoms with Crippen LogP contribution in [0.5, 0.6) is 0 Å². The molecule has 0 radical (unpaired) electrons. The normalized spacial score (nSPS) is 11.4. The molecule has 0 saturated heterocycles. The van der Waals surface area contributed by atoms with Crippen molar-refractivity contribution in [3.63, 3.8) is 0 Å². The maximum absolute atomic E-state index is 11.4. The largest absolute Gasteiger partial charge is 0.377 e. The summed E-state index contributed by atoms with van der Waals surface area (Å²) in [6, 6.07) is 7.18. The Morgan fingerprint density at radius 1 is 1.38 bits per heavy atom. The quantitative estimate of drug-likeness (QED) is 0.821. The first-order valence-corrected chi connectivity index (χ1v) is 7.58. The second-order valence-electron chi connectivity index (χ2n) is 3.12. The van der Waals surface area contributed by atoms with E-state index in [1.54, 1.807) is 12.1 Å². The van der Waals surface area contributed by atoms with Crippen molar-refractivity contribution < 1.29 is 13.2 Å². The van der Waals surface area contributed by atoms with Crippen LogP contribution in [0.4, 0.5) is 5.69 Å². The second kappa shape index (κ2) is 6.22. The Bertz CT molecular complexity index is 433. The van der Waals surface area contributed by atoms with Crippen LogP contribution in [-0.2, 0) is 21.4 Å². The molecule has 1 rings (SSSR count). The van der Waals surface area contributed by atoms with Gasteiger partial charge in [0.05, 0.1) is 12.3 Å². The van der Waals surface area contributed by atoms with Gasteiger partial charge in [-0.1, -0.05) is 34.1 Å². The molecule has 0 aliphatic rings. The molecule has 16 heavy (non-hydrogen) atoms. The number of para-hydroxylation sites is 1. The minimum Gasteiger partial charge on any atom is -0.377 e. The van der Waals surface area contributed by atoms with E-state index < -0.39 is 10.0 Å². The summed E-state index contributed by atoms with van der Waals surface area (Å²) in [6.07, 6.45) is 0. The van der Waals surface area contributed by atoms with E-state index >= 15 is 0 Å². The summed E-state index contributed by atoms with van der Waals surface area (Å²) in [4.78, 5) is 0. The molecule has 0 unspecified atom stereocenters. The highest BCUT2D eigenvalue weighted by molar-refractivity contribution is 9.10. The Hall–Kier alpha value is -0.590. The van der Waals surface area contributed by atoms with Crippen LogP contribution in [0.15, 0.2) is 24.3 Å². The standard InChI is InChI=1S/C10H14BrNO3S/c1-2-15-7-9-5-3-4-6-10(9)12-16(13,14)8-11/h3-6,12H,2,7-8H2,1H3. The molecule has 0 aromatic heterocycles. The SMILES string of the molecule is CCOCc1ccccc1NS(=O)(=O)CBr. The van der Waals surface area contributed by atoms with Crippen molar-refractivity contribution in [2.24, 2.45) is 0 Å². The zero-order valence-corrected chi connectivity index (χ0v) is 11.3. The molecule has 1 N–H and O–H groups in total. The van der Waals surface area contributed by atoms with Crippen molar-refractivity contribution in [2.45, 2.75) is 13.5 Å². The van der Waals surface area contributed by atoms with Crippen molar-refractivity contribution >= 4 is 31.6 Å². The fraction of sp³-hybridized carbons (Fsp3) is 0.400. The van der Waals surface area contributed by atoms with E-state index in [0.29, 0.717) is 18.9 Å². The first-order chi connectivity index (χ1) is 7.59. The Kier molecular flexibility index (Phi) is 5.24. The Balaban J connectivity index is 2.86. The molecule has 90 valence electrons. The highest BCUT2D eigenvalue weighted by Gasteiger charge is 2.10. The molecule has 1 aromatic carbocycles. The molecule has 0 aliphatic heterocycles. The fourth-order valence-corrected chi connectivity index (χ4v) is 2.08. The maximum Gasteiger partial charge on any atom is 0.242 e. The number of anilines is 1. The zero-order chi connectivity index (χ0) is 12.0. The minimum atomic E-state index is -3.31. The van der Waals surface area contributed by atoms with Gasteiger partial charge in [-0.05, 0) is 13.0 Å². The molecule has 1 aromatic rings. The summed E-state index contributed by atoms with van der Waals surface area (Å²) in [7, 11) is -3.31. The molecule has 0 amide bonds. The van der Waals surface area contributed by atoms with Gasteiger partial charge in [0.15, 0.2) is 0 Å². The van der Waals surface area contributed by atoms with Gasteiger partial charge in [0.1, 0.15) is 4.66 Å². The van der Waals surface area contributed by atoms with E-state index in [9.17, 15) is 8.42 Å². The molecular formula is C10H14BrNO3S. The van der Waals surface area contributed by atoms with Crippen LogP contribution in [0.25, 0.3) is 0 Å². The lowest BCUT2D eigenvalue weighted by Gasteiger charge is -2.11. The lowest BCUT2D eigenvalue weighted by molar-refractivity contribution is 0.134. The van der Waals surface area contributed by atoms with Gasteiger partial charge in [-0.15, -0.1) is 0 Å². The molecule has 0 heterocycles. The molecule has 0 fully saturated rings. The smallest absolute Gasteiger partial charge is 0.242 e. The average Bonchev–Trinajstić information content (AvgIpc) is 2.27. The highest BCUT2D eigenvalue weighted by Crippen LogP contribution is 2.18. The summed E-state index contributed by atoms with van der Waals surface area (Å²) in [5, 5.41) is 0. The number of rotatable bonds is 6. The van der Waals surface area contributed by atoms with Crippen LogP contribution in [0.2, 0.25) is 0 Å². The van der Waals surface area contributed by atoms with Crippen LogP contribution >= 0.6 is 15.9 Å². The Labute approximate surface area is 104 Å². The minimum absolute atomic E-state index is 0.122. The van der Waals surface area contributed by atoms with Gasteiger partial charge < -0.3 is 4.74 Å². The molecule has 0 spiro atoms. The average molecular weight is 308 g/mol. The summed E-state index contributed by atoms with van der Waals surface area (Å²) in [5.74, 6) is 0. The van der Waals surface area contributed by atoms with Crippen LogP contribution in [-0.4, -0.2) is 19.7 Å². The number of hydrogen-bond acceptors (Lipinski definition) is 3. The van der Waals surface area contributed by atoms with Crippen LogP contribution in [0.3, 0.4) is 0 Å². The highest BCUT2D eigenvalue weighted by atomic mass is 79.9. The molecule has 0 atom stereocenters. The topological polar surface area (TPSA) is 55.4 Å². The molecule has 4 nitrogen and oxygen atoms in total. The number of nitrogens with one attached hydrogen (secondary N) is 1. The number of hydrogen-bond donors (Lipinski definition) is 1. The number of alkyl halides is 1. The second-order valence-corrected chi connectivity index (χ2v) is 6.15. The fourth-order valence-electron chi connectivity index (χ4n) is 1.15. The van der Waals surface area contributed by atoms with Gasteiger partial charge in [0, 0.05) is 12.2 Å². The van der Waals surface area contributed by atoms with Gasteiger partial charge in [0.25, 0.3) is 0 Å². The molecule has 0 saturated carbocycles. The van der Waals surface area contributed by atoms with E-state index in [-0.39, 0.29) is 4.66 Å². The third-order valence-electron chi connectivity index (χ3n) is 1.89. The first kappa shape index (κ1) is 13.5. The summed E-state index contributed by atoms with van der Waals surface area (Å²) < 4.78 is 30.4. The van der Waals surface area contributed by atoms with Crippen molar-refractivity contribution in [2.75, 3.05) is 16.0 Å². The van der Waals surface area contributed by atoms with Crippen LogP contribution < -0.4 is 4.72 Å². The number of sulfonamides is 1. The van der Waals surface area contributed by atoms with Gasteiger partial charge in [0.2, 0.25) is 10.0 Å². The summed E-state index contributed by atoms with van der Waals surface area (Å²) in [6.45, 7) is 2.89. The van der Waals surface area contributed by atoms with E-state index in [0.717, 1.165) is 5.56 Å². The number of ether oxygens (including phenoxy) is 1. The zero-order valence-electron chi connectivity index (χ0n) is 8.94.